The zero-order valence-corrected chi connectivity index (χ0v) is 16.2. The van der Waals surface area contributed by atoms with Crippen LogP contribution in [0.4, 0.5) is 11.5 Å². The first-order valence-electron chi connectivity index (χ1n) is 8.84. The van der Waals surface area contributed by atoms with Gasteiger partial charge in [-0.05, 0) is 55.3 Å². The second-order valence-electron chi connectivity index (χ2n) is 6.46. The van der Waals surface area contributed by atoms with E-state index < -0.39 is 0 Å². The first-order chi connectivity index (χ1) is 13.2. The number of anilines is 2. The molecular formula is C19H19BrN6O. The Labute approximate surface area is 165 Å². The molecule has 0 atom stereocenters. The number of piperidine rings is 1. The van der Waals surface area contributed by atoms with E-state index in [0.717, 1.165) is 41.9 Å². The lowest BCUT2D eigenvalue weighted by Gasteiger charge is -2.31. The van der Waals surface area contributed by atoms with E-state index in [-0.39, 0.29) is 11.8 Å². The van der Waals surface area contributed by atoms with Crippen molar-refractivity contribution < 1.29 is 4.79 Å². The van der Waals surface area contributed by atoms with Crippen LogP contribution in [0.2, 0.25) is 0 Å². The van der Waals surface area contributed by atoms with Gasteiger partial charge in [0.1, 0.15) is 0 Å². The molecule has 0 bridgehead atoms. The number of halogens is 1. The lowest BCUT2D eigenvalue weighted by molar-refractivity contribution is -0.120. The van der Waals surface area contributed by atoms with Crippen LogP contribution in [0.25, 0.3) is 5.82 Å². The van der Waals surface area contributed by atoms with E-state index in [1.54, 1.807) is 10.9 Å². The Hall–Kier alpha value is -2.74. The van der Waals surface area contributed by atoms with Crippen LogP contribution in [0.5, 0.6) is 0 Å². The van der Waals surface area contributed by atoms with Crippen molar-refractivity contribution >= 4 is 33.3 Å². The number of nitrogens with zero attached hydrogens (tertiary/aromatic N) is 5. The summed E-state index contributed by atoms with van der Waals surface area (Å²) in [6.07, 6.45) is 5.13. The van der Waals surface area contributed by atoms with Gasteiger partial charge in [0.05, 0.1) is 0 Å². The summed E-state index contributed by atoms with van der Waals surface area (Å²) in [6, 6.07) is 13.3. The van der Waals surface area contributed by atoms with Crippen LogP contribution in [-0.2, 0) is 4.79 Å². The average Bonchev–Trinajstić information content (AvgIpc) is 3.25. The Balaban J connectivity index is 1.33. The second-order valence-corrected chi connectivity index (χ2v) is 7.37. The molecule has 1 saturated heterocycles. The molecule has 1 aliphatic rings. The standard InChI is InChI=1S/C19H19BrN6O/c20-15-2-4-16(5-3-15)22-19(27)14-8-12-25(13-9-14)17-6-7-18(24-23-17)26-11-1-10-21-26/h1-7,10-11,14H,8-9,12-13H2,(H,22,27). The van der Waals surface area contributed by atoms with E-state index in [0.29, 0.717) is 5.82 Å². The smallest absolute Gasteiger partial charge is 0.227 e. The molecule has 3 aromatic rings. The third-order valence-corrected chi connectivity index (χ3v) is 5.21. The molecule has 1 amide bonds. The molecule has 0 aliphatic carbocycles. The summed E-state index contributed by atoms with van der Waals surface area (Å²) in [4.78, 5) is 14.7. The highest BCUT2D eigenvalue weighted by atomic mass is 79.9. The minimum Gasteiger partial charge on any atom is -0.355 e. The van der Waals surface area contributed by atoms with Gasteiger partial charge in [0, 0.05) is 41.6 Å². The summed E-state index contributed by atoms with van der Waals surface area (Å²) in [6.45, 7) is 1.57. The Morgan fingerprint density at radius 3 is 2.37 bits per heavy atom. The Morgan fingerprint density at radius 1 is 1.04 bits per heavy atom. The molecule has 27 heavy (non-hydrogen) atoms. The predicted octanol–water partition coefficient (Wildman–Crippen LogP) is 3.28. The minimum atomic E-state index is 0.0150. The molecule has 0 unspecified atom stereocenters. The van der Waals surface area contributed by atoms with Gasteiger partial charge in [0.25, 0.3) is 0 Å². The maximum absolute atomic E-state index is 12.5. The highest BCUT2D eigenvalue weighted by molar-refractivity contribution is 9.10. The van der Waals surface area contributed by atoms with Crippen LogP contribution < -0.4 is 10.2 Å². The Morgan fingerprint density at radius 2 is 1.74 bits per heavy atom. The first kappa shape index (κ1) is 17.7. The fourth-order valence-electron chi connectivity index (χ4n) is 3.16. The normalized spacial score (nSPS) is 14.9. The van der Waals surface area contributed by atoms with Gasteiger partial charge in [-0.15, -0.1) is 10.2 Å². The van der Waals surface area contributed by atoms with Crippen LogP contribution in [0.1, 0.15) is 12.8 Å². The average molecular weight is 427 g/mol. The molecule has 0 saturated carbocycles. The molecule has 2 aromatic heterocycles. The van der Waals surface area contributed by atoms with E-state index >= 15 is 0 Å². The summed E-state index contributed by atoms with van der Waals surface area (Å²) < 4.78 is 2.67. The topological polar surface area (TPSA) is 75.9 Å². The van der Waals surface area contributed by atoms with Crippen LogP contribution in [0, 0.1) is 5.92 Å². The Bertz CT molecular complexity index is 887. The van der Waals surface area contributed by atoms with Crippen LogP contribution in [0.3, 0.4) is 0 Å². The molecule has 1 fully saturated rings. The number of nitrogens with one attached hydrogen (secondary N) is 1. The van der Waals surface area contributed by atoms with Gasteiger partial charge in [-0.25, -0.2) is 4.68 Å². The van der Waals surface area contributed by atoms with E-state index in [9.17, 15) is 4.79 Å². The number of rotatable bonds is 4. The van der Waals surface area contributed by atoms with Crippen molar-refractivity contribution in [1.29, 1.82) is 0 Å². The zero-order chi connectivity index (χ0) is 18.6. The number of amides is 1. The third-order valence-electron chi connectivity index (χ3n) is 4.68. The molecule has 3 heterocycles. The molecule has 1 N–H and O–H groups in total. The SMILES string of the molecule is O=C(Nc1ccc(Br)cc1)C1CCN(c2ccc(-n3cccn3)nn2)CC1. The van der Waals surface area contributed by atoms with Crippen molar-refractivity contribution in [2.24, 2.45) is 5.92 Å². The van der Waals surface area contributed by atoms with E-state index in [2.05, 4.69) is 41.4 Å². The van der Waals surface area contributed by atoms with Crippen molar-refractivity contribution in [2.45, 2.75) is 12.8 Å². The van der Waals surface area contributed by atoms with Crippen LogP contribution >= 0.6 is 15.9 Å². The molecule has 138 valence electrons. The summed E-state index contributed by atoms with van der Waals surface area (Å²) in [5, 5.41) is 15.7. The maximum Gasteiger partial charge on any atom is 0.227 e. The number of hydrogen-bond acceptors (Lipinski definition) is 5. The van der Waals surface area contributed by atoms with Crippen molar-refractivity contribution in [1.82, 2.24) is 20.0 Å². The summed E-state index contributed by atoms with van der Waals surface area (Å²) in [5.41, 5.74) is 0.825. The molecule has 0 radical (unpaired) electrons. The van der Waals surface area contributed by atoms with Crippen LogP contribution in [0.15, 0.2) is 59.3 Å². The predicted molar refractivity (Wildman–Crippen MR) is 107 cm³/mol. The van der Waals surface area contributed by atoms with Gasteiger partial charge in [-0.1, -0.05) is 15.9 Å². The number of aromatic nitrogens is 4. The van der Waals surface area contributed by atoms with Gasteiger partial charge >= 0.3 is 0 Å². The van der Waals surface area contributed by atoms with E-state index in [4.69, 9.17) is 0 Å². The number of carbonyl (C=O) groups excluding carboxylic acids is 1. The summed E-state index contributed by atoms with van der Waals surface area (Å²) >= 11 is 3.40. The fraction of sp³-hybridized carbons (Fsp3) is 0.263. The van der Waals surface area contributed by atoms with E-state index in [1.807, 2.05) is 48.7 Å². The third kappa shape index (κ3) is 4.16. The van der Waals surface area contributed by atoms with Crippen molar-refractivity contribution in [3.8, 4) is 5.82 Å². The van der Waals surface area contributed by atoms with Crippen molar-refractivity contribution in [3.05, 3.63) is 59.3 Å². The molecule has 1 aromatic carbocycles. The highest BCUT2D eigenvalue weighted by Crippen LogP contribution is 2.23. The zero-order valence-electron chi connectivity index (χ0n) is 14.6. The molecule has 7 nitrogen and oxygen atoms in total. The first-order valence-corrected chi connectivity index (χ1v) is 9.63. The van der Waals surface area contributed by atoms with Crippen LogP contribution in [-0.4, -0.2) is 39.0 Å². The van der Waals surface area contributed by atoms with Gasteiger partial charge in [0.2, 0.25) is 5.91 Å². The lowest BCUT2D eigenvalue weighted by Crippen LogP contribution is -2.38. The molecule has 0 spiro atoms. The molecule has 4 rings (SSSR count). The van der Waals surface area contributed by atoms with E-state index in [1.165, 1.54) is 0 Å². The van der Waals surface area contributed by atoms with Crippen molar-refractivity contribution in [2.75, 3.05) is 23.3 Å². The molecule has 1 aliphatic heterocycles. The van der Waals surface area contributed by atoms with Gasteiger partial charge in [-0.2, -0.15) is 5.10 Å². The van der Waals surface area contributed by atoms with Gasteiger partial charge in [-0.3, -0.25) is 4.79 Å². The van der Waals surface area contributed by atoms with Gasteiger partial charge < -0.3 is 10.2 Å². The fourth-order valence-corrected chi connectivity index (χ4v) is 3.43. The summed E-state index contributed by atoms with van der Waals surface area (Å²) in [5.74, 6) is 1.61. The lowest BCUT2D eigenvalue weighted by atomic mass is 9.96. The monoisotopic (exact) mass is 426 g/mol. The molecule has 8 heteroatoms. The van der Waals surface area contributed by atoms with Crippen molar-refractivity contribution in [3.63, 3.8) is 0 Å². The van der Waals surface area contributed by atoms with Gasteiger partial charge in [0.15, 0.2) is 11.6 Å². The summed E-state index contributed by atoms with van der Waals surface area (Å²) in [7, 11) is 0. The quantitative estimate of drug-likeness (QED) is 0.692. The molecular weight excluding hydrogens is 408 g/mol. The Kier molecular flexibility index (Phi) is 5.15. The second kappa shape index (κ2) is 7.87. The highest BCUT2D eigenvalue weighted by Gasteiger charge is 2.25. The number of benzene rings is 1. The minimum absolute atomic E-state index is 0.0150. The number of hydrogen-bond donors (Lipinski definition) is 1. The maximum atomic E-state index is 12.5. The number of carbonyl (C=O) groups is 1. The largest absolute Gasteiger partial charge is 0.355 e.